The number of ether oxygens (including phenoxy) is 2. The summed E-state index contributed by atoms with van der Waals surface area (Å²) >= 11 is 0. The van der Waals surface area contributed by atoms with Crippen LogP contribution in [0.5, 0.6) is 11.6 Å². The molecular formula is C11H19N3O3. The van der Waals surface area contributed by atoms with Crippen molar-refractivity contribution in [2.75, 3.05) is 27.8 Å². The van der Waals surface area contributed by atoms with E-state index >= 15 is 0 Å². The Morgan fingerprint density at radius 1 is 1.47 bits per heavy atom. The minimum atomic E-state index is -0.347. The molecule has 0 amide bonds. The summed E-state index contributed by atoms with van der Waals surface area (Å²) in [6.07, 6.45) is 1.29. The van der Waals surface area contributed by atoms with Crippen LogP contribution in [0.25, 0.3) is 0 Å². The highest BCUT2D eigenvalue weighted by Gasteiger charge is 2.23. The highest BCUT2D eigenvalue weighted by atomic mass is 16.5. The molecule has 1 aromatic heterocycles. The van der Waals surface area contributed by atoms with Crippen molar-refractivity contribution >= 4 is 0 Å². The number of nitrogens with zero attached hydrogens (tertiary/aromatic N) is 2. The third-order valence-electron chi connectivity index (χ3n) is 2.75. The van der Waals surface area contributed by atoms with Gasteiger partial charge in [0.25, 0.3) is 11.4 Å². The quantitative estimate of drug-likeness (QED) is 0.813. The van der Waals surface area contributed by atoms with Crippen LogP contribution in [0.15, 0.2) is 11.1 Å². The number of nitrogens with one attached hydrogen (secondary N) is 1. The summed E-state index contributed by atoms with van der Waals surface area (Å²) in [5, 5.41) is 0. The zero-order valence-corrected chi connectivity index (χ0v) is 10.9. The molecule has 0 spiro atoms. The van der Waals surface area contributed by atoms with Crippen LogP contribution in [0.1, 0.15) is 13.8 Å². The Hall–Kier alpha value is -1.56. The van der Waals surface area contributed by atoms with Crippen molar-refractivity contribution < 1.29 is 9.47 Å². The Bertz CT molecular complexity index is 426. The monoisotopic (exact) mass is 241 g/mol. The minimum absolute atomic E-state index is 0.0991. The Morgan fingerprint density at radius 3 is 2.65 bits per heavy atom. The maximum absolute atomic E-state index is 11.4. The van der Waals surface area contributed by atoms with Crippen LogP contribution in [0.3, 0.4) is 0 Å². The van der Waals surface area contributed by atoms with Crippen LogP contribution in [-0.4, -0.2) is 48.2 Å². The van der Waals surface area contributed by atoms with Crippen LogP contribution in [0.2, 0.25) is 0 Å². The first kappa shape index (κ1) is 13.5. The van der Waals surface area contributed by atoms with E-state index in [2.05, 4.69) is 9.97 Å². The number of rotatable bonds is 5. The van der Waals surface area contributed by atoms with Gasteiger partial charge in [0.15, 0.2) is 0 Å². The average molecular weight is 241 g/mol. The zero-order valence-electron chi connectivity index (χ0n) is 10.9. The van der Waals surface area contributed by atoms with E-state index < -0.39 is 0 Å². The van der Waals surface area contributed by atoms with Crippen LogP contribution in [-0.2, 0) is 0 Å². The van der Waals surface area contributed by atoms with Crippen molar-refractivity contribution in [2.45, 2.75) is 19.4 Å². The molecule has 1 aromatic rings. The Labute approximate surface area is 101 Å². The molecule has 0 atom stereocenters. The molecule has 1 rings (SSSR count). The van der Waals surface area contributed by atoms with Gasteiger partial charge >= 0.3 is 0 Å². The van der Waals surface area contributed by atoms with Crippen molar-refractivity contribution in [1.29, 1.82) is 0 Å². The summed E-state index contributed by atoms with van der Waals surface area (Å²) in [7, 11) is 5.34. The van der Waals surface area contributed by atoms with Gasteiger partial charge in [-0.05, 0) is 27.9 Å². The molecule has 1 heterocycles. The largest absolute Gasteiger partial charge is 0.487 e. The molecule has 96 valence electrons. The molecule has 0 bridgehead atoms. The third-order valence-corrected chi connectivity index (χ3v) is 2.75. The molecule has 0 unspecified atom stereocenters. The summed E-state index contributed by atoms with van der Waals surface area (Å²) in [6.45, 7) is 4.48. The normalized spacial score (nSPS) is 11.6. The van der Waals surface area contributed by atoms with Crippen molar-refractivity contribution in [2.24, 2.45) is 0 Å². The second-order valence-electron chi connectivity index (χ2n) is 4.57. The summed E-state index contributed by atoms with van der Waals surface area (Å²) in [4.78, 5) is 19.8. The predicted octanol–water partition coefficient (Wildman–Crippen LogP) is 0.498. The molecular weight excluding hydrogens is 222 g/mol. The molecule has 0 aliphatic carbocycles. The molecule has 0 saturated carbocycles. The van der Waals surface area contributed by atoms with Gasteiger partial charge < -0.3 is 19.4 Å². The fourth-order valence-corrected chi connectivity index (χ4v) is 1.03. The molecule has 0 saturated heterocycles. The average Bonchev–Trinajstić information content (AvgIpc) is 2.26. The first-order valence-corrected chi connectivity index (χ1v) is 5.30. The van der Waals surface area contributed by atoms with Gasteiger partial charge in [-0.15, -0.1) is 0 Å². The van der Waals surface area contributed by atoms with Gasteiger partial charge in [0.1, 0.15) is 6.61 Å². The lowest BCUT2D eigenvalue weighted by atomic mass is 10.1. The summed E-state index contributed by atoms with van der Waals surface area (Å²) in [5.41, 5.74) is -0.505. The third kappa shape index (κ3) is 3.20. The van der Waals surface area contributed by atoms with Gasteiger partial charge in [-0.3, -0.25) is 4.79 Å². The zero-order chi connectivity index (χ0) is 13.1. The molecule has 1 N–H and O–H groups in total. The van der Waals surface area contributed by atoms with Crippen molar-refractivity contribution in [3.8, 4) is 11.6 Å². The standard InChI is InChI=1S/C11H19N3O3/c1-11(2,14(3)4)6-17-10-8(16-5)9(15)12-7-13-10/h7H,6H2,1-5H3,(H,12,13,15). The first-order valence-electron chi connectivity index (χ1n) is 5.30. The molecule has 0 aromatic carbocycles. The SMILES string of the molecule is COc1c(OCC(C)(C)N(C)C)nc[nH]c1=O. The van der Waals surface area contributed by atoms with Crippen LogP contribution in [0, 0.1) is 0 Å². The van der Waals surface area contributed by atoms with E-state index in [9.17, 15) is 4.79 Å². The molecule has 0 fully saturated rings. The molecule has 0 radical (unpaired) electrons. The van der Waals surface area contributed by atoms with Gasteiger partial charge in [0, 0.05) is 5.54 Å². The van der Waals surface area contributed by atoms with E-state index in [-0.39, 0.29) is 22.7 Å². The van der Waals surface area contributed by atoms with E-state index in [4.69, 9.17) is 9.47 Å². The lowest BCUT2D eigenvalue weighted by Gasteiger charge is -2.31. The van der Waals surface area contributed by atoms with E-state index in [1.165, 1.54) is 13.4 Å². The van der Waals surface area contributed by atoms with Gasteiger partial charge in [0.05, 0.1) is 13.4 Å². The number of H-pyrrole nitrogens is 1. The second kappa shape index (κ2) is 5.18. The lowest BCUT2D eigenvalue weighted by molar-refractivity contribution is 0.108. The fourth-order valence-electron chi connectivity index (χ4n) is 1.03. The van der Waals surface area contributed by atoms with E-state index in [1.54, 1.807) is 0 Å². The van der Waals surface area contributed by atoms with Crippen molar-refractivity contribution in [3.05, 3.63) is 16.7 Å². The maximum Gasteiger partial charge on any atom is 0.297 e. The van der Waals surface area contributed by atoms with Crippen molar-refractivity contribution in [3.63, 3.8) is 0 Å². The lowest BCUT2D eigenvalue weighted by Crippen LogP contribution is -2.43. The summed E-state index contributed by atoms with van der Waals surface area (Å²) < 4.78 is 10.5. The highest BCUT2D eigenvalue weighted by Crippen LogP contribution is 2.20. The number of hydrogen-bond donors (Lipinski definition) is 1. The smallest absolute Gasteiger partial charge is 0.297 e. The minimum Gasteiger partial charge on any atom is -0.487 e. The molecule has 0 aliphatic heterocycles. The number of aromatic amines is 1. The van der Waals surface area contributed by atoms with E-state index in [0.29, 0.717) is 6.61 Å². The molecule has 0 aliphatic rings. The molecule has 6 heteroatoms. The van der Waals surface area contributed by atoms with Gasteiger partial charge in [0.2, 0.25) is 5.75 Å². The topological polar surface area (TPSA) is 67.5 Å². The first-order chi connectivity index (χ1) is 7.88. The molecule has 6 nitrogen and oxygen atoms in total. The highest BCUT2D eigenvalue weighted by molar-refractivity contribution is 5.29. The Balaban J connectivity index is 2.83. The Morgan fingerprint density at radius 2 is 2.12 bits per heavy atom. The van der Waals surface area contributed by atoms with Gasteiger partial charge in [-0.25, -0.2) is 4.98 Å². The summed E-state index contributed by atoms with van der Waals surface area (Å²) in [5.74, 6) is 0.313. The second-order valence-corrected chi connectivity index (χ2v) is 4.57. The fraction of sp³-hybridized carbons (Fsp3) is 0.636. The van der Waals surface area contributed by atoms with Gasteiger partial charge in [-0.2, -0.15) is 0 Å². The van der Waals surface area contributed by atoms with Gasteiger partial charge in [-0.1, -0.05) is 0 Å². The Kier molecular flexibility index (Phi) is 4.11. The van der Waals surface area contributed by atoms with Crippen LogP contribution in [0.4, 0.5) is 0 Å². The number of hydrogen-bond acceptors (Lipinski definition) is 5. The van der Waals surface area contributed by atoms with E-state index in [0.717, 1.165) is 0 Å². The molecule has 17 heavy (non-hydrogen) atoms. The number of likely N-dealkylation sites (N-methyl/N-ethyl adjacent to an activating group) is 1. The summed E-state index contributed by atoms with van der Waals surface area (Å²) in [6, 6.07) is 0. The van der Waals surface area contributed by atoms with Crippen LogP contribution >= 0.6 is 0 Å². The number of aromatic nitrogens is 2. The maximum atomic E-state index is 11.4. The van der Waals surface area contributed by atoms with E-state index in [1.807, 2.05) is 32.8 Å². The number of methoxy groups -OCH3 is 1. The van der Waals surface area contributed by atoms with Crippen molar-refractivity contribution in [1.82, 2.24) is 14.9 Å². The predicted molar refractivity (Wildman–Crippen MR) is 64.7 cm³/mol. The van der Waals surface area contributed by atoms with Crippen LogP contribution < -0.4 is 15.0 Å².